The summed E-state index contributed by atoms with van der Waals surface area (Å²) in [6.07, 6.45) is -0.695. The van der Waals surface area contributed by atoms with Crippen molar-refractivity contribution >= 4 is 27.9 Å². The number of hydrogen-bond donors (Lipinski definition) is 0. The van der Waals surface area contributed by atoms with Gasteiger partial charge in [0.05, 0.1) is 11.1 Å². The topological polar surface area (TPSA) is 114 Å². The van der Waals surface area contributed by atoms with Gasteiger partial charge in [-0.25, -0.2) is 14.4 Å². The van der Waals surface area contributed by atoms with E-state index in [1.54, 1.807) is 48.5 Å². The third kappa shape index (κ3) is 7.49. The number of carbonyl (C=O) groups excluding carboxylic acids is 1. The van der Waals surface area contributed by atoms with E-state index >= 15 is 0 Å². The average Bonchev–Trinajstić information content (AvgIpc) is 3.09. The molecule has 4 aromatic carbocycles. The number of esters is 1. The highest BCUT2D eigenvalue weighted by molar-refractivity contribution is 5.87. The van der Waals surface area contributed by atoms with Crippen LogP contribution >= 0.6 is 0 Å². The van der Waals surface area contributed by atoms with Gasteiger partial charge in [0.15, 0.2) is 6.79 Å². The first-order valence-corrected chi connectivity index (χ1v) is 14.8. The van der Waals surface area contributed by atoms with E-state index in [4.69, 9.17) is 27.8 Å². The zero-order valence-electron chi connectivity index (χ0n) is 25.5. The highest BCUT2D eigenvalue weighted by Crippen LogP contribution is 2.26. The molecule has 6 aromatic rings. The summed E-state index contributed by atoms with van der Waals surface area (Å²) in [5.41, 5.74) is 2.50. The van der Waals surface area contributed by atoms with Crippen molar-refractivity contribution in [3.8, 4) is 33.8 Å². The predicted octanol–water partition coefficient (Wildman–Crippen LogP) is 7.15. The number of ether oxygens (including phenoxy) is 4. The molecule has 9 nitrogen and oxygen atoms in total. The summed E-state index contributed by atoms with van der Waals surface area (Å²) < 4.78 is 34.0. The molecule has 0 unspecified atom stereocenters. The summed E-state index contributed by atoms with van der Waals surface area (Å²) in [7, 11) is 0. The van der Waals surface area contributed by atoms with Crippen LogP contribution in [0.3, 0.4) is 0 Å². The van der Waals surface area contributed by atoms with E-state index in [-0.39, 0.29) is 25.6 Å². The van der Waals surface area contributed by atoms with E-state index < -0.39 is 23.3 Å². The zero-order chi connectivity index (χ0) is 32.8. The van der Waals surface area contributed by atoms with E-state index in [2.05, 4.69) is 6.58 Å². The first-order valence-electron chi connectivity index (χ1n) is 14.8. The molecule has 47 heavy (non-hydrogen) atoms. The van der Waals surface area contributed by atoms with Crippen molar-refractivity contribution in [2.45, 2.75) is 13.0 Å². The largest absolute Gasteiger partial charge is 0.491 e. The summed E-state index contributed by atoms with van der Waals surface area (Å²) >= 11 is 0. The Balaban J connectivity index is 1.16. The molecule has 2 heterocycles. The molecule has 0 bridgehead atoms. The van der Waals surface area contributed by atoms with Gasteiger partial charge in [-0.15, -0.1) is 0 Å². The lowest BCUT2D eigenvalue weighted by Crippen LogP contribution is -2.30. The number of carbonyl (C=O) groups is 1. The van der Waals surface area contributed by atoms with Crippen LogP contribution < -0.4 is 20.7 Å². The fourth-order valence-corrected chi connectivity index (χ4v) is 4.83. The Labute approximate surface area is 269 Å². The van der Waals surface area contributed by atoms with Gasteiger partial charge < -0.3 is 27.8 Å². The number of hydrogen-bond acceptors (Lipinski definition) is 9. The Kier molecular flexibility index (Phi) is 9.26. The van der Waals surface area contributed by atoms with Crippen molar-refractivity contribution in [1.29, 1.82) is 0 Å². The van der Waals surface area contributed by atoms with Crippen LogP contribution in [0.25, 0.3) is 44.2 Å². The summed E-state index contributed by atoms with van der Waals surface area (Å²) in [5, 5.41) is 1.47. The molecule has 2 aromatic heterocycles. The van der Waals surface area contributed by atoms with Crippen LogP contribution in [0.5, 0.6) is 11.5 Å². The Bertz CT molecular complexity index is 2030. The van der Waals surface area contributed by atoms with Crippen molar-refractivity contribution in [3.63, 3.8) is 0 Å². The van der Waals surface area contributed by atoms with E-state index in [1.165, 1.54) is 6.92 Å². The molecule has 0 N–H and O–H groups in total. The van der Waals surface area contributed by atoms with Crippen LogP contribution in [0.2, 0.25) is 0 Å². The molecule has 9 heteroatoms. The molecule has 0 saturated heterocycles. The maximum absolute atomic E-state index is 12.7. The van der Waals surface area contributed by atoms with Gasteiger partial charge in [0.1, 0.15) is 42.0 Å². The van der Waals surface area contributed by atoms with Crippen LogP contribution in [0.4, 0.5) is 0 Å². The summed E-state index contributed by atoms with van der Waals surface area (Å²) in [5.74, 6) is 0.272. The van der Waals surface area contributed by atoms with Gasteiger partial charge in [-0.3, -0.25) is 0 Å². The summed E-state index contributed by atoms with van der Waals surface area (Å²) in [6.45, 7) is 4.76. The van der Waals surface area contributed by atoms with E-state index in [1.807, 2.05) is 60.7 Å². The third-order valence-electron chi connectivity index (χ3n) is 7.30. The minimum Gasteiger partial charge on any atom is -0.491 e. The SMILES string of the molecule is C=C(C)C(=O)OCOC(COc1ccc2cc(-c3ccccc3)c(=O)oc2c1)COc1ccc2cc(-c3ccccc3)c(=O)oc2c1. The highest BCUT2D eigenvalue weighted by Gasteiger charge is 2.16. The molecule has 0 spiro atoms. The molecule has 236 valence electrons. The lowest BCUT2D eigenvalue weighted by atomic mass is 10.1. The molecule has 6 rings (SSSR count). The number of rotatable bonds is 12. The molecule has 0 aliphatic rings. The van der Waals surface area contributed by atoms with Crippen molar-refractivity contribution in [2.24, 2.45) is 0 Å². The molecule has 0 radical (unpaired) electrons. The normalized spacial score (nSPS) is 11.1. The molecule has 0 saturated carbocycles. The van der Waals surface area contributed by atoms with Gasteiger partial charge in [-0.05, 0) is 54.4 Å². The lowest BCUT2D eigenvalue weighted by molar-refractivity contribution is -0.159. The molecule has 0 aliphatic heterocycles. The monoisotopic (exact) mass is 630 g/mol. The lowest BCUT2D eigenvalue weighted by Gasteiger charge is -2.19. The van der Waals surface area contributed by atoms with Gasteiger partial charge in [-0.1, -0.05) is 67.2 Å². The first-order chi connectivity index (χ1) is 22.8. The number of benzene rings is 4. The highest BCUT2D eigenvalue weighted by atomic mass is 16.7. The number of fused-ring (bicyclic) bond motifs is 2. The summed E-state index contributed by atoms with van der Waals surface area (Å²) in [4.78, 5) is 37.3. The fraction of sp³-hybridized carbons (Fsp3) is 0.132. The van der Waals surface area contributed by atoms with E-state index in [0.717, 1.165) is 21.9 Å². The molecular formula is C38H30O9. The van der Waals surface area contributed by atoms with Crippen LogP contribution in [-0.2, 0) is 14.3 Å². The molecule has 0 amide bonds. The Morgan fingerprint density at radius 1 is 0.681 bits per heavy atom. The minimum absolute atomic E-state index is 0.00552. The van der Waals surface area contributed by atoms with Gasteiger partial charge in [-0.2, -0.15) is 0 Å². The van der Waals surface area contributed by atoms with Crippen molar-refractivity contribution < 1.29 is 32.6 Å². The maximum atomic E-state index is 12.7. The second kappa shape index (κ2) is 14.0. The Hall–Kier alpha value is -5.93. The maximum Gasteiger partial charge on any atom is 0.344 e. The van der Waals surface area contributed by atoms with Crippen LogP contribution in [0.1, 0.15) is 6.92 Å². The second-order valence-electron chi connectivity index (χ2n) is 10.8. The van der Waals surface area contributed by atoms with Gasteiger partial charge in [0, 0.05) is 28.5 Å². The minimum atomic E-state index is -0.695. The molecule has 0 atom stereocenters. The second-order valence-corrected chi connectivity index (χ2v) is 10.8. The van der Waals surface area contributed by atoms with Crippen LogP contribution in [0, 0.1) is 0 Å². The smallest absolute Gasteiger partial charge is 0.344 e. The van der Waals surface area contributed by atoms with Gasteiger partial charge in [0.2, 0.25) is 0 Å². The predicted molar refractivity (Wildman–Crippen MR) is 177 cm³/mol. The van der Waals surface area contributed by atoms with E-state index in [0.29, 0.717) is 33.8 Å². The molecule has 0 aliphatic carbocycles. The van der Waals surface area contributed by atoms with Crippen molar-refractivity contribution in [3.05, 3.63) is 142 Å². The quantitative estimate of drug-likeness (QED) is 0.0602. The van der Waals surface area contributed by atoms with Gasteiger partial charge in [0.25, 0.3) is 0 Å². The standard InChI is InChI=1S/C38H30O9/c1-24(2)36(39)45-23-44-31(21-42-29-15-13-27-17-32(25-9-5-3-6-10-25)37(40)46-34(27)19-29)22-43-30-16-14-28-18-33(26-11-7-4-8-12-26)38(41)47-35(28)20-30/h3-20,31H,1,21-23H2,2H3. The Morgan fingerprint density at radius 2 is 1.15 bits per heavy atom. The molecular weight excluding hydrogens is 600 g/mol. The van der Waals surface area contributed by atoms with Crippen molar-refractivity contribution in [2.75, 3.05) is 20.0 Å². The molecule has 0 fully saturated rings. The Morgan fingerprint density at radius 3 is 1.60 bits per heavy atom. The average molecular weight is 631 g/mol. The van der Waals surface area contributed by atoms with Crippen LogP contribution in [0.15, 0.2) is 140 Å². The van der Waals surface area contributed by atoms with E-state index in [9.17, 15) is 14.4 Å². The van der Waals surface area contributed by atoms with Crippen LogP contribution in [-0.4, -0.2) is 32.1 Å². The fourth-order valence-electron chi connectivity index (χ4n) is 4.83. The zero-order valence-corrected chi connectivity index (χ0v) is 25.5. The van der Waals surface area contributed by atoms with Crippen molar-refractivity contribution in [1.82, 2.24) is 0 Å². The van der Waals surface area contributed by atoms with Gasteiger partial charge >= 0.3 is 17.2 Å². The third-order valence-corrected chi connectivity index (χ3v) is 7.30. The first kappa shape index (κ1) is 31.1. The summed E-state index contributed by atoms with van der Waals surface area (Å²) in [6, 6.07) is 32.5.